The summed E-state index contributed by atoms with van der Waals surface area (Å²) in [6, 6.07) is 6.35. The Bertz CT molecular complexity index is 541. The van der Waals surface area contributed by atoms with Gasteiger partial charge in [0, 0.05) is 44.4 Å². The minimum atomic E-state index is -0.133. The molecule has 2 aliphatic rings. The number of benzene rings is 1. The molecule has 0 spiro atoms. The summed E-state index contributed by atoms with van der Waals surface area (Å²) in [5, 5.41) is 0. The zero-order chi connectivity index (χ0) is 14.3. The highest BCUT2D eigenvalue weighted by molar-refractivity contribution is 5.75. The van der Waals surface area contributed by atoms with E-state index in [1.54, 1.807) is 6.92 Å². The Hall–Kier alpha value is -1.75. The Labute approximate surface area is 119 Å². The number of piperazine rings is 1. The van der Waals surface area contributed by atoms with Crippen LogP contribution in [0.25, 0.3) is 0 Å². The molecule has 2 N–H and O–H groups in total. The molecule has 0 unspecified atom stereocenters. The molecule has 0 aromatic heterocycles. The van der Waals surface area contributed by atoms with Crippen LogP contribution in [0.3, 0.4) is 0 Å². The summed E-state index contributed by atoms with van der Waals surface area (Å²) in [6.45, 7) is 9.32. The lowest BCUT2D eigenvalue weighted by molar-refractivity contribution is -0.134. The first-order valence-electron chi connectivity index (χ1n) is 7.13. The maximum Gasteiger partial charge on any atom is 0.220 e. The Morgan fingerprint density at radius 1 is 1.30 bits per heavy atom. The van der Waals surface area contributed by atoms with Crippen molar-refractivity contribution in [2.24, 2.45) is 0 Å². The Morgan fingerprint density at radius 3 is 2.80 bits per heavy atom. The molecule has 3 rings (SSSR count). The molecule has 0 bridgehead atoms. The molecule has 0 saturated carbocycles. The lowest BCUT2D eigenvalue weighted by Crippen LogP contribution is -2.60. The highest BCUT2D eigenvalue weighted by Gasteiger charge is 2.36. The van der Waals surface area contributed by atoms with E-state index in [2.05, 4.69) is 47.8 Å². The van der Waals surface area contributed by atoms with E-state index in [1.807, 2.05) is 4.90 Å². The first-order chi connectivity index (χ1) is 9.49. The van der Waals surface area contributed by atoms with Gasteiger partial charge in [-0.15, -0.1) is 0 Å². The second kappa shape index (κ2) is 4.66. The topological polar surface area (TPSA) is 47.6 Å². The van der Waals surface area contributed by atoms with Crippen molar-refractivity contribution in [3.8, 4) is 0 Å². The van der Waals surface area contributed by atoms with Gasteiger partial charge in [-0.05, 0) is 26.0 Å². The van der Waals surface area contributed by atoms with Gasteiger partial charge in [0.2, 0.25) is 5.91 Å². The number of rotatable bonds is 1. The molecule has 2 heterocycles. The van der Waals surface area contributed by atoms with Crippen LogP contribution < -0.4 is 15.8 Å². The van der Waals surface area contributed by atoms with Gasteiger partial charge in [0.25, 0.3) is 0 Å². The largest absolute Gasteiger partial charge is 0.367 e. The average molecular weight is 274 g/mol. The van der Waals surface area contributed by atoms with Gasteiger partial charge < -0.3 is 15.2 Å². The summed E-state index contributed by atoms with van der Waals surface area (Å²) in [5.41, 5.74) is 9.98. The van der Waals surface area contributed by atoms with Crippen molar-refractivity contribution in [2.45, 2.75) is 32.9 Å². The van der Waals surface area contributed by atoms with E-state index in [0.29, 0.717) is 0 Å². The third kappa shape index (κ3) is 2.12. The first kappa shape index (κ1) is 13.2. The molecule has 0 atom stereocenters. The second-order valence-electron chi connectivity index (χ2n) is 6.19. The number of nitrogens with zero attached hydrogens (tertiary/aromatic N) is 2. The third-order valence-corrected chi connectivity index (χ3v) is 4.26. The van der Waals surface area contributed by atoms with Crippen molar-refractivity contribution in [1.82, 2.24) is 10.3 Å². The van der Waals surface area contributed by atoms with Crippen LogP contribution in [0, 0.1) is 0 Å². The normalized spacial score (nSPS) is 20.6. The fourth-order valence-electron chi connectivity index (χ4n) is 3.35. The molecule has 0 aliphatic carbocycles. The van der Waals surface area contributed by atoms with Gasteiger partial charge in [0.1, 0.15) is 0 Å². The highest BCUT2D eigenvalue weighted by atomic mass is 16.2. The van der Waals surface area contributed by atoms with Gasteiger partial charge in [-0.3, -0.25) is 4.79 Å². The van der Waals surface area contributed by atoms with Crippen LogP contribution in [0.2, 0.25) is 0 Å². The standard InChI is InChI=1S/C15H22N4O/c1-11(20)19-8-7-18(10-15(19,2)3)14-6-4-5-13-12(14)9-16-17-13/h4-6,16-17H,7-10H2,1-3H3. The molecule has 5 nitrogen and oxygen atoms in total. The number of carbonyl (C=O) groups excluding carboxylic acids is 1. The fraction of sp³-hybridized carbons (Fsp3) is 0.533. The molecule has 1 aromatic rings. The summed E-state index contributed by atoms with van der Waals surface area (Å²) in [5.74, 6) is 0.163. The van der Waals surface area contributed by atoms with Crippen molar-refractivity contribution in [1.29, 1.82) is 0 Å². The van der Waals surface area contributed by atoms with Gasteiger partial charge in [-0.25, -0.2) is 5.43 Å². The monoisotopic (exact) mass is 274 g/mol. The number of nitrogens with one attached hydrogen (secondary N) is 2. The molecule has 1 aromatic carbocycles. The van der Waals surface area contributed by atoms with Gasteiger partial charge in [0.05, 0.1) is 11.2 Å². The fourth-order valence-corrected chi connectivity index (χ4v) is 3.35. The number of anilines is 2. The van der Waals surface area contributed by atoms with Crippen LogP contribution in [-0.2, 0) is 11.3 Å². The van der Waals surface area contributed by atoms with Gasteiger partial charge >= 0.3 is 0 Å². The van der Waals surface area contributed by atoms with E-state index in [9.17, 15) is 4.79 Å². The SMILES string of the molecule is CC(=O)N1CCN(c2cccc3c2CNN3)CC1(C)C. The molecule has 20 heavy (non-hydrogen) atoms. The van der Waals surface area contributed by atoms with Crippen molar-refractivity contribution < 1.29 is 4.79 Å². The molecular weight excluding hydrogens is 252 g/mol. The lowest BCUT2D eigenvalue weighted by Gasteiger charge is -2.48. The quantitative estimate of drug-likeness (QED) is 0.816. The minimum absolute atomic E-state index is 0.133. The van der Waals surface area contributed by atoms with Crippen molar-refractivity contribution >= 4 is 17.3 Å². The molecule has 1 amide bonds. The summed E-state index contributed by atoms with van der Waals surface area (Å²) >= 11 is 0. The maximum atomic E-state index is 11.7. The molecular formula is C15H22N4O. The Morgan fingerprint density at radius 2 is 2.10 bits per heavy atom. The Kier molecular flexibility index (Phi) is 3.09. The van der Waals surface area contributed by atoms with E-state index in [1.165, 1.54) is 11.3 Å². The number of carbonyl (C=O) groups is 1. The molecule has 5 heteroatoms. The second-order valence-corrected chi connectivity index (χ2v) is 6.19. The van der Waals surface area contributed by atoms with Crippen molar-refractivity contribution in [2.75, 3.05) is 30.0 Å². The highest BCUT2D eigenvalue weighted by Crippen LogP contribution is 2.33. The predicted molar refractivity (Wildman–Crippen MR) is 80.6 cm³/mol. The molecule has 1 fully saturated rings. The van der Waals surface area contributed by atoms with E-state index in [-0.39, 0.29) is 11.4 Å². The lowest BCUT2D eigenvalue weighted by atomic mass is 9.97. The van der Waals surface area contributed by atoms with Crippen LogP contribution in [0.15, 0.2) is 18.2 Å². The van der Waals surface area contributed by atoms with Crippen molar-refractivity contribution in [3.05, 3.63) is 23.8 Å². The summed E-state index contributed by atoms with van der Waals surface area (Å²) in [7, 11) is 0. The van der Waals surface area contributed by atoms with E-state index < -0.39 is 0 Å². The zero-order valence-corrected chi connectivity index (χ0v) is 12.4. The Balaban J connectivity index is 1.87. The predicted octanol–water partition coefficient (Wildman–Crippen LogP) is 1.56. The third-order valence-electron chi connectivity index (χ3n) is 4.26. The molecule has 2 aliphatic heterocycles. The first-order valence-corrected chi connectivity index (χ1v) is 7.13. The zero-order valence-electron chi connectivity index (χ0n) is 12.4. The van der Waals surface area contributed by atoms with Crippen LogP contribution in [0.5, 0.6) is 0 Å². The van der Waals surface area contributed by atoms with Crippen LogP contribution in [-0.4, -0.2) is 36.0 Å². The van der Waals surface area contributed by atoms with Crippen LogP contribution >= 0.6 is 0 Å². The van der Waals surface area contributed by atoms with Crippen molar-refractivity contribution in [3.63, 3.8) is 0 Å². The van der Waals surface area contributed by atoms with Gasteiger partial charge in [0.15, 0.2) is 0 Å². The van der Waals surface area contributed by atoms with E-state index in [4.69, 9.17) is 0 Å². The smallest absolute Gasteiger partial charge is 0.220 e. The number of hydrazine groups is 1. The maximum absolute atomic E-state index is 11.7. The van der Waals surface area contributed by atoms with Gasteiger partial charge in [-0.1, -0.05) is 6.07 Å². The number of fused-ring (bicyclic) bond motifs is 1. The number of amides is 1. The molecule has 0 radical (unpaired) electrons. The summed E-state index contributed by atoms with van der Waals surface area (Å²) in [6.07, 6.45) is 0. The molecule has 1 saturated heterocycles. The van der Waals surface area contributed by atoms with Crippen LogP contribution in [0.1, 0.15) is 26.3 Å². The number of hydrogen-bond acceptors (Lipinski definition) is 4. The average Bonchev–Trinajstić information content (AvgIpc) is 2.84. The molecule has 108 valence electrons. The van der Waals surface area contributed by atoms with E-state index >= 15 is 0 Å². The minimum Gasteiger partial charge on any atom is -0.367 e. The van der Waals surface area contributed by atoms with E-state index in [0.717, 1.165) is 31.9 Å². The summed E-state index contributed by atoms with van der Waals surface area (Å²) < 4.78 is 0. The van der Waals surface area contributed by atoms with Gasteiger partial charge in [-0.2, -0.15) is 0 Å². The number of hydrogen-bond donors (Lipinski definition) is 2. The van der Waals surface area contributed by atoms with Crippen LogP contribution in [0.4, 0.5) is 11.4 Å². The summed E-state index contributed by atoms with van der Waals surface area (Å²) in [4.78, 5) is 16.1.